The Morgan fingerprint density at radius 3 is 2.07 bits per heavy atom. The van der Waals surface area contributed by atoms with Gasteiger partial charge in [0.05, 0.1) is 17.6 Å². The normalized spacial score (nSPS) is 12.1. The van der Waals surface area contributed by atoms with Gasteiger partial charge in [0.2, 0.25) is 0 Å². The molecular formula is C33H42N2O5S. The summed E-state index contributed by atoms with van der Waals surface area (Å²) < 4.78 is 14.7. The first-order chi connectivity index (χ1) is 19.1. The molecule has 0 bridgehead atoms. The minimum Gasteiger partial charge on any atom is -0.493 e. The van der Waals surface area contributed by atoms with E-state index >= 15 is 0 Å². The van der Waals surface area contributed by atoms with E-state index in [-0.39, 0.29) is 16.9 Å². The first-order valence-electron chi connectivity index (χ1n) is 13.8. The Labute approximate surface area is 248 Å². The molecule has 2 aromatic carbocycles. The van der Waals surface area contributed by atoms with Crippen LogP contribution >= 0.6 is 11.9 Å². The predicted molar refractivity (Wildman–Crippen MR) is 164 cm³/mol. The van der Waals surface area contributed by atoms with Crippen LogP contribution in [-0.4, -0.2) is 34.2 Å². The number of carbonyl (C=O) groups is 2. The lowest BCUT2D eigenvalue weighted by molar-refractivity contribution is -0.167. The molecule has 1 heterocycles. The van der Waals surface area contributed by atoms with Crippen LogP contribution < -0.4 is 9.46 Å². The van der Waals surface area contributed by atoms with Crippen LogP contribution in [0.5, 0.6) is 5.75 Å². The standard InChI is InChI=1S/C33H42N2O5S/c1-31(2,3)40-30(38)33(6,7)22-32(4,5)20-24-10-8-23(9-11-24)18-19-39-26-13-15-27(16-14-26)41-35-28-17-12-25(21-34-28)29(36)37/h8-17,21H,18-20,22H2,1-7H3,(H,34,35)(H,36,37). The highest BCUT2D eigenvalue weighted by atomic mass is 32.2. The summed E-state index contributed by atoms with van der Waals surface area (Å²) >= 11 is 1.39. The number of benzene rings is 2. The van der Waals surface area contributed by atoms with Gasteiger partial charge in [0.1, 0.15) is 17.2 Å². The average Bonchev–Trinajstić information content (AvgIpc) is 2.87. The van der Waals surface area contributed by atoms with E-state index in [4.69, 9.17) is 14.6 Å². The third-order valence-electron chi connectivity index (χ3n) is 6.34. The Kier molecular flexibility index (Phi) is 10.5. The Morgan fingerprint density at radius 1 is 0.878 bits per heavy atom. The first kappa shape index (κ1) is 32.0. The smallest absolute Gasteiger partial charge is 0.337 e. The number of carbonyl (C=O) groups excluding carboxylic acids is 1. The van der Waals surface area contributed by atoms with Crippen LogP contribution in [0.15, 0.2) is 71.8 Å². The van der Waals surface area contributed by atoms with Gasteiger partial charge < -0.3 is 19.3 Å². The number of aromatic carboxylic acids is 1. The molecule has 0 aliphatic heterocycles. The summed E-state index contributed by atoms with van der Waals surface area (Å²) in [6.45, 7) is 14.6. The Bertz CT molecular complexity index is 1300. The van der Waals surface area contributed by atoms with Gasteiger partial charge in [0, 0.05) is 17.5 Å². The largest absolute Gasteiger partial charge is 0.493 e. The molecule has 41 heavy (non-hydrogen) atoms. The number of hydrogen-bond acceptors (Lipinski definition) is 7. The van der Waals surface area contributed by atoms with Crippen LogP contribution in [0.1, 0.15) is 76.4 Å². The fraction of sp³-hybridized carbons (Fsp3) is 0.424. The summed E-state index contributed by atoms with van der Waals surface area (Å²) in [4.78, 5) is 28.7. The zero-order valence-corrected chi connectivity index (χ0v) is 25.9. The second kappa shape index (κ2) is 13.4. The van der Waals surface area contributed by atoms with E-state index in [2.05, 4.69) is 47.8 Å². The molecule has 220 valence electrons. The molecule has 0 saturated heterocycles. The fourth-order valence-electron chi connectivity index (χ4n) is 4.71. The molecule has 0 amide bonds. The van der Waals surface area contributed by atoms with Gasteiger partial charge in [-0.3, -0.25) is 4.79 Å². The SMILES string of the molecule is CC(C)(Cc1ccc(CCOc2ccc(SNc3ccc(C(=O)O)cn3)cc2)cc1)CC(C)(C)C(=O)OC(C)(C)C. The Balaban J connectivity index is 1.43. The van der Waals surface area contributed by atoms with Crippen LogP contribution in [-0.2, 0) is 22.4 Å². The van der Waals surface area contributed by atoms with Crippen LogP contribution in [0, 0.1) is 10.8 Å². The van der Waals surface area contributed by atoms with Crippen molar-refractivity contribution in [3.63, 3.8) is 0 Å². The number of carboxylic acid groups (broad SMARTS) is 1. The van der Waals surface area contributed by atoms with Crippen LogP contribution in [0.3, 0.4) is 0 Å². The highest BCUT2D eigenvalue weighted by Gasteiger charge is 2.37. The van der Waals surface area contributed by atoms with Crippen molar-refractivity contribution in [2.45, 2.75) is 78.2 Å². The van der Waals surface area contributed by atoms with Crippen molar-refractivity contribution in [1.82, 2.24) is 4.98 Å². The molecule has 7 nitrogen and oxygen atoms in total. The molecule has 2 N–H and O–H groups in total. The molecule has 0 atom stereocenters. The summed E-state index contributed by atoms with van der Waals surface area (Å²) in [5.41, 5.74) is 1.49. The summed E-state index contributed by atoms with van der Waals surface area (Å²) in [5, 5.41) is 8.96. The van der Waals surface area contributed by atoms with Crippen molar-refractivity contribution in [3.05, 3.63) is 83.6 Å². The molecule has 3 rings (SSSR count). The summed E-state index contributed by atoms with van der Waals surface area (Å²) in [6.07, 6.45) is 3.73. The maximum atomic E-state index is 12.7. The van der Waals surface area contributed by atoms with Crippen LogP contribution in [0.2, 0.25) is 0 Å². The van der Waals surface area contributed by atoms with Gasteiger partial charge in [0.25, 0.3) is 0 Å². The lowest BCUT2D eigenvalue weighted by atomic mass is 9.72. The van der Waals surface area contributed by atoms with Gasteiger partial charge in [-0.1, -0.05) is 38.1 Å². The first-order valence-corrected chi connectivity index (χ1v) is 14.6. The molecule has 0 fully saturated rings. The number of nitrogens with one attached hydrogen (secondary N) is 1. The van der Waals surface area contributed by atoms with Gasteiger partial charge in [-0.05, 0) is 112 Å². The Morgan fingerprint density at radius 2 is 1.51 bits per heavy atom. The minimum atomic E-state index is -0.999. The lowest BCUT2D eigenvalue weighted by Gasteiger charge is -2.35. The number of rotatable bonds is 13. The average molecular weight is 579 g/mol. The van der Waals surface area contributed by atoms with Crippen molar-refractivity contribution in [1.29, 1.82) is 0 Å². The molecule has 0 unspecified atom stereocenters. The zero-order chi connectivity index (χ0) is 30.3. The van der Waals surface area contributed by atoms with Crippen molar-refractivity contribution in [2.24, 2.45) is 10.8 Å². The molecular weight excluding hydrogens is 536 g/mol. The molecule has 0 radical (unpaired) electrons. The topological polar surface area (TPSA) is 97.8 Å². The van der Waals surface area contributed by atoms with Crippen molar-refractivity contribution >= 4 is 29.7 Å². The number of carboxylic acids is 1. The van der Waals surface area contributed by atoms with Crippen LogP contribution in [0.4, 0.5) is 5.82 Å². The zero-order valence-electron chi connectivity index (χ0n) is 25.1. The van der Waals surface area contributed by atoms with Crippen molar-refractivity contribution in [3.8, 4) is 5.75 Å². The maximum absolute atomic E-state index is 12.7. The number of aromatic nitrogens is 1. The number of ether oxygens (including phenoxy) is 2. The van der Waals surface area contributed by atoms with Gasteiger partial charge in [0.15, 0.2) is 0 Å². The molecule has 3 aromatic rings. The monoisotopic (exact) mass is 578 g/mol. The van der Waals surface area contributed by atoms with E-state index in [0.717, 1.165) is 29.9 Å². The highest BCUT2D eigenvalue weighted by molar-refractivity contribution is 8.00. The van der Waals surface area contributed by atoms with Crippen LogP contribution in [0.25, 0.3) is 0 Å². The number of nitrogens with zero attached hydrogens (tertiary/aromatic N) is 1. The van der Waals surface area contributed by atoms with Gasteiger partial charge in [-0.25, -0.2) is 9.78 Å². The predicted octanol–water partition coefficient (Wildman–Crippen LogP) is 7.85. The number of esters is 1. The highest BCUT2D eigenvalue weighted by Crippen LogP contribution is 2.38. The van der Waals surface area contributed by atoms with Crippen molar-refractivity contribution in [2.75, 3.05) is 11.3 Å². The molecule has 1 aromatic heterocycles. The molecule has 0 saturated carbocycles. The summed E-state index contributed by atoms with van der Waals surface area (Å²) in [6, 6.07) is 19.5. The van der Waals surface area contributed by atoms with E-state index in [1.54, 1.807) is 6.07 Å². The second-order valence-corrected chi connectivity index (χ2v) is 13.6. The van der Waals surface area contributed by atoms with E-state index in [1.807, 2.05) is 58.9 Å². The van der Waals surface area contributed by atoms with E-state index in [1.165, 1.54) is 35.3 Å². The fourth-order valence-corrected chi connectivity index (χ4v) is 5.32. The minimum absolute atomic E-state index is 0.0630. The molecule has 8 heteroatoms. The molecule has 0 aliphatic rings. The third-order valence-corrected chi connectivity index (χ3v) is 7.16. The lowest BCUT2D eigenvalue weighted by Crippen LogP contribution is -2.37. The van der Waals surface area contributed by atoms with E-state index in [9.17, 15) is 9.59 Å². The molecule has 0 aliphatic carbocycles. The number of hydrogen-bond donors (Lipinski definition) is 2. The number of anilines is 1. The van der Waals surface area contributed by atoms with Crippen molar-refractivity contribution < 1.29 is 24.2 Å². The Hall–Kier alpha value is -3.52. The summed E-state index contributed by atoms with van der Waals surface area (Å²) in [7, 11) is 0. The molecule has 0 spiro atoms. The quantitative estimate of drug-likeness (QED) is 0.156. The van der Waals surface area contributed by atoms with Gasteiger partial charge in [-0.2, -0.15) is 0 Å². The van der Waals surface area contributed by atoms with Gasteiger partial charge >= 0.3 is 11.9 Å². The van der Waals surface area contributed by atoms with E-state index in [0.29, 0.717) is 12.4 Å². The second-order valence-electron chi connectivity index (χ2n) is 12.7. The summed E-state index contributed by atoms with van der Waals surface area (Å²) in [5.74, 6) is 0.228. The van der Waals surface area contributed by atoms with E-state index < -0.39 is 17.0 Å². The van der Waals surface area contributed by atoms with Gasteiger partial charge in [-0.15, -0.1) is 0 Å². The maximum Gasteiger partial charge on any atom is 0.337 e. The number of pyridine rings is 1. The third kappa shape index (κ3) is 10.8.